The molecule has 2 atom stereocenters. The van der Waals surface area contributed by atoms with Crippen LogP contribution in [0.5, 0.6) is 0 Å². The zero-order chi connectivity index (χ0) is 12.0. The molecule has 1 unspecified atom stereocenters. The summed E-state index contributed by atoms with van der Waals surface area (Å²) in [6, 6.07) is -0.716. The molecule has 0 amide bonds. The lowest BCUT2D eigenvalue weighted by atomic mass is 10.1. The van der Waals surface area contributed by atoms with E-state index in [1.807, 2.05) is 0 Å². The lowest BCUT2D eigenvalue weighted by Crippen LogP contribution is -2.37. The number of hydrogen-bond donors (Lipinski definition) is 3. The first-order valence-electron chi connectivity index (χ1n) is 4.69. The minimum atomic E-state index is -1.51. The largest absolute Gasteiger partial charge is 0.479 e. The number of carboxylic acid groups (broad SMARTS) is 1. The fourth-order valence-electron chi connectivity index (χ4n) is 0.763. The molecule has 0 saturated carbocycles. The number of hydrogen-bond acceptors (Lipinski definition) is 5. The van der Waals surface area contributed by atoms with Crippen molar-refractivity contribution >= 4 is 11.9 Å². The Kier molecular flexibility index (Phi) is 5.88. The van der Waals surface area contributed by atoms with E-state index >= 15 is 0 Å². The van der Waals surface area contributed by atoms with Crippen molar-refractivity contribution < 1.29 is 24.5 Å². The number of aliphatic carboxylic acids is 1. The van der Waals surface area contributed by atoms with Crippen LogP contribution in [0.1, 0.15) is 20.3 Å². The van der Waals surface area contributed by atoms with Gasteiger partial charge in [-0.25, -0.2) is 4.79 Å². The van der Waals surface area contributed by atoms with Gasteiger partial charge in [0.15, 0.2) is 6.10 Å². The summed E-state index contributed by atoms with van der Waals surface area (Å²) in [5.74, 6) is -1.95. The second-order valence-corrected chi connectivity index (χ2v) is 3.58. The first-order chi connectivity index (χ1) is 6.86. The Morgan fingerprint density at radius 2 is 1.93 bits per heavy atom. The van der Waals surface area contributed by atoms with Crippen LogP contribution in [-0.4, -0.2) is 40.9 Å². The smallest absolute Gasteiger partial charge is 0.332 e. The molecule has 0 aliphatic rings. The Balaban J connectivity index is 3.78. The number of esters is 1. The molecule has 88 valence electrons. The summed E-state index contributed by atoms with van der Waals surface area (Å²) in [5.41, 5.74) is 5.48. The predicted octanol–water partition coefficient (Wildman–Crippen LogP) is -0.651. The van der Waals surface area contributed by atoms with Crippen LogP contribution in [0.15, 0.2) is 0 Å². The van der Waals surface area contributed by atoms with E-state index in [-0.39, 0.29) is 18.9 Å². The van der Waals surface area contributed by atoms with Crippen molar-refractivity contribution in [2.24, 2.45) is 11.7 Å². The second-order valence-electron chi connectivity index (χ2n) is 3.58. The molecule has 0 saturated heterocycles. The minimum Gasteiger partial charge on any atom is -0.479 e. The van der Waals surface area contributed by atoms with Gasteiger partial charge in [0.25, 0.3) is 0 Å². The maximum Gasteiger partial charge on any atom is 0.332 e. The summed E-state index contributed by atoms with van der Waals surface area (Å²) >= 11 is 0. The van der Waals surface area contributed by atoms with Gasteiger partial charge in [-0.15, -0.1) is 0 Å². The van der Waals surface area contributed by atoms with Gasteiger partial charge in [0, 0.05) is 6.42 Å². The van der Waals surface area contributed by atoms with E-state index in [0.29, 0.717) is 0 Å². The molecular formula is C9H17NO5. The number of aliphatic hydroxyl groups is 1. The highest BCUT2D eigenvalue weighted by atomic mass is 16.5. The third kappa shape index (κ3) is 5.34. The van der Waals surface area contributed by atoms with Crippen molar-refractivity contribution in [3.8, 4) is 0 Å². The molecule has 6 nitrogen and oxygen atoms in total. The minimum absolute atomic E-state index is 0.0399. The van der Waals surface area contributed by atoms with Crippen molar-refractivity contribution in [3.63, 3.8) is 0 Å². The van der Waals surface area contributed by atoms with Gasteiger partial charge in [0.2, 0.25) is 0 Å². The topological polar surface area (TPSA) is 110 Å². The van der Waals surface area contributed by atoms with E-state index in [2.05, 4.69) is 0 Å². The Morgan fingerprint density at radius 3 is 2.33 bits per heavy atom. The number of ether oxygens (including phenoxy) is 1. The Hall–Kier alpha value is -1.14. The molecule has 0 heterocycles. The van der Waals surface area contributed by atoms with Gasteiger partial charge in [-0.3, -0.25) is 4.79 Å². The van der Waals surface area contributed by atoms with Crippen molar-refractivity contribution in [2.75, 3.05) is 6.61 Å². The molecule has 0 aromatic heterocycles. The molecule has 0 radical (unpaired) electrons. The van der Waals surface area contributed by atoms with Crippen LogP contribution in [0.4, 0.5) is 0 Å². The zero-order valence-corrected chi connectivity index (χ0v) is 8.84. The highest BCUT2D eigenvalue weighted by molar-refractivity contribution is 5.76. The summed E-state index contributed by atoms with van der Waals surface area (Å²) in [7, 11) is 0. The van der Waals surface area contributed by atoms with Gasteiger partial charge in [-0.05, 0) is 5.92 Å². The highest BCUT2D eigenvalue weighted by Crippen LogP contribution is 2.01. The average Bonchev–Trinajstić information content (AvgIpc) is 2.15. The van der Waals surface area contributed by atoms with E-state index in [1.54, 1.807) is 13.8 Å². The number of carbonyl (C=O) groups excluding carboxylic acids is 1. The highest BCUT2D eigenvalue weighted by Gasteiger charge is 2.20. The van der Waals surface area contributed by atoms with E-state index in [1.165, 1.54) is 0 Å². The van der Waals surface area contributed by atoms with Gasteiger partial charge in [-0.2, -0.15) is 0 Å². The van der Waals surface area contributed by atoms with Gasteiger partial charge in [0.05, 0.1) is 6.61 Å². The molecule has 0 bridgehead atoms. The maximum atomic E-state index is 11.2. The number of rotatable bonds is 6. The Labute approximate surface area is 88.0 Å². The number of nitrogens with two attached hydrogens (primary N) is 1. The number of carbonyl (C=O) groups is 2. The molecule has 0 spiro atoms. The van der Waals surface area contributed by atoms with Gasteiger partial charge < -0.3 is 20.7 Å². The predicted molar refractivity (Wildman–Crippen MR) is 52.0 cm³/mol. The molecule has 6 heteroatoms. The molecular weight excluding hydrogens is 202 g/mol. The zero-order valence-electron chi connectivity index (χ0n) is 8.84. The van der Waals surface area contributed by atoms with Crippen LogP contribution in [0.3, 0.4) is 0 Å². The fraction of sp³-hybridized carbons (Fsp3) is 0.778. The van der Waals surface area contributed by atoms with Crippen LogP contribution in [0.25, 0.3) is 0 Å². The molecule has 0 aromatic carbocycles. The van der Waals surface area contributed by atoms with E-state index in [9.17, 15) is 9.59 Å². The SMILES string of the molecule is CC(C)[C@H](N)C(=O)OCCC(O)C(=O)O. The van der Waals surface area contributed by atoms with Crippen molar-refractivity contribution in [2.45, 2.75) is 32.4 Å². The second kappa shape index (κ2) is 6.36. The van der Waals surface area contributed by atoms with Gasteiger partial charge >= 0.3 is 11.9 Å². The van der Waals surface area contributed by atoms with Crippen LogP contribution >= 0.6 is 0 Å². The first-order valence-corrected chi connectivity index (χ1v) is 4.69. The van der Waals surface area contributed by atoms with E-state index in [0.717, 1.165) is 0 Å². The number of carboxylic acids is 1. The summed E-state index contributed by atoms with van der Waals surface area (Å²) in [5, 5.41) is 17.2. The van der Waals surface area contributed by atoms with E-state index in [4.69, 9.17) is 20.7 Å². The Morgan fingerprint density at radius 1 is 1.40 bits per heavy atom. The first kappa shape index (κ1) is 13.9. The summed E-state index contributed by atoms with van der Waals surface area (Å²) < 4.78 is 4.70. The molecule has 0 aromatic rings. The molecule has 4 N–H and O–H groups in total. The van der Waals surface area contributed by atoms with Crippen LogP contribution in [0, 0.1) is 5.92 Å². The number of aliphatic hydroxyl groups excluding tert-OH is 1. The lowest BCUT2D eigenvalue weighted by Gasteiger charge is -2.14. The van der Waals surface area contributed by atoms with Gasteiger partial charge in [0.1, 0.15) is 6.04 Å². The summed E-state index contributed by atoms with van der Waals surface area (Å²) in [4.78, 5) is 21.4. The van der Waals surface area contributed by atoms with Crippen LogP contribution in [0.2, 0.25) is 0 Å². The molecule has 15 heavy (non-hydrogen) atoms. The lowest BCUT2D eigenvalue weighted by molar-refractivity contribution is -0.152. The van der Waals surface area contributed by atoms with Gasteiger partial charge in [-0.1, -0.05) is 13.8 Å². The molecule has 0 aliphatic carbocycles. The maximum absolute atomic E-state index is 11.2. The van der Waals surface area contributed by atoms with Crippen LogP contribution < -0.4 is 5.73 Å². The fourth-order valence-corrected chi connectivity index (χ4v) is 0.763. The van der Waals surface area contributed by atoms with Crippen molar-refractivity contribution in [1.29, 1.82) is 0 Å². The summed E-state index contributed by atoms with van der Waals surface area (Å²) in [6.45, 7) is 3.41. The van der Waals surface area contributed by atoms with E-state index < -0.39 is 24.1 Å². The van der Waals surface area contributed by atoms with Crippen LogP contribution in [-0.2, 0) is 14.3 Å². The molecule has 0 aliphatic heterocycles. The average molecular weight is 219 g/mol. The standard InChI is InChI=1S/C9H17NO5/c1-5(2)7(10)9(14)15-4-3-6(11)8(12)13/h5-7,11H,3-4,10H2,1-2H3,(H,12,13)/t6?,7-/m0/s1. The quantitative estimate of drug-likeness (QED) is 0.512. The molecule has 0 fully saturated rings. The third-order valence-corrected chi connectivity index (χ3v) is 1.91. The third-order valence-electron chi connectivity index (χ3n) is 1.91. The Bertz CT molecular complexity index is 229. The monoisotopic (exact) mass is 219 g/mol. The van der Waals surface area contributed by atoms with Crippen molar-refractivity contribution in [1.82, 2.24) is 0 Å². The van der Waals surface area contributed by atoms with Crippen molar-refractivity contribution in [3.05, 3.63) is 0 Å². The normalized spacial score (nSPS) is 14.7. The molecule has 0 rings (SSSR count). The summed E-state index contributed by atoms with van der Waals surface area (Å²) in [6.07, 6.45) is -1.64.